The fraction of sp³-hybridized carbons (Fsp3) is 0.500. The van der Waals surface area contributed by atoms with Gasteiger partial charge in [-0.3, -0.25) is 0 Å². The Morgan fingerprint density at radius 1 is 1.60 bits per heavy atom. The van der Waals surface area contributed by atoms with Crippen LogP contribution in [0.3, 0.4) is 0 Å². The standard InChI is InChI=1S/C12H17NO2/c1-15-11-4-2-3-9(5-11)12(8-13)6-10(12)7-14/h2-5,10,14H,6-8,13H2,1H3. The molecule has 0 saturated heterocycles. The molecule has 82 valence electrons. The summed E-state index contributed by atoms with van der Waals surface area (Å²) in [5.74, 6) is 1.17. The molecule has 1 aromatic rings. The molecule has 0 spiro atoms. The first-order chi connectivity index (χ1) is 7.26. The molecule has 3 heteroatoms. The molecule has 2 atom stereocenters. The zero-order valence-electron chi connectivity index (χ0n) is 8.94. The summed E-state index contributed by atoms with van der Waals surface area (Å²) in [5, 5.41) is 9.17. The lowest BCUT2D eigenvalue weighted by Crippen LogP contribution is -2.23. The van der Waals surface area contributed by atoms with Crippen LogP contribution in [0.15, 0.2) is 24.3 Å². The highest BCUT2D eigenvalue weighted by Gasteiger charge is 2.53. The van der Waals surface area contributed by atoms with E-state index in [9.17, 15) is 5.11 Å². The second-order valence-electron chi connectivity index (χ2n) is 4.18. The smallest absolute Gasteiger partial charge is 0.119 e. The number of benzene rings is 1. The van der Waals surface area contributed by atoms with Crippen molar-refractivity contribution >= 4 is 0 Å². The van der Waals surface area contributed by atoms with E-state index in [1.807, 2.05) is 18.2 Å². The van der Waals surface area contributed by atoms with Gasteiger partial charge in [0.15, 0.2) is 0 Å². The lowest BCUT2D eigenvalue weighted by atomic mass is 9.93. The molecule has 1 saturated carbocycles. The van der Waals surface area contributed by atoms with Crippen LogP contribution in [0.4, 0.5) is 0 Å². The highest BCUT2D eigenvalue weighted by Crippen LogP contribution is 2.53. The molecule has 1 aliphatic carbocycles. The molecule has 1 aromatic carbocycles. The van der Waals surface area contributed by atoms with Crippen molar-refractivity contribution in [3.8, 4) is 5.75 Å². The minimum atomic E-state index is -0.0106. The summed E-state index contributed by atoms with van der Waals surface area (Å²) >= 11 is 0. The number of aliphatic hydroxyl groups is 1. The van der Waals surface area contributed by atoms with Crippen LogP contribution in [0.25, 0.3) is 0 Å². The fourth-order valence-electron chi connectivity index (χ4n) is 2.27. The van der Waals surface area contributed by atoms with E-state index in [1.165, 1.54) is 5.56 Å². The van der Waals surface area contributed by atoms with Crippen molar-refractivity contribution < 1.29 is 9.84 Å². The zero-order valence-corrected chi connectivity index (χ0v) is 8.94. The molecule has 0 heterocycles. The van der Waals surface area contributed by atoms with Crippen LogP contribution in [0.2, 0.25) is 0 Å². The summed E-state index contributed by atoms with van der Waals surface area (Å²) in [6, 6.07) is 7.97. The van der Waals surface area contributed by atoms with E-state index in [0.29, 0.717) is 12.5 Å². The van der Waals surface area contributed by atoms with Crippen molar-refractivity contribution in [2.75, 3.05) is 20.3 Å². The van der Waals surface area contributed by atoms with Crippen LogP contribution in [0.5, 0.6) is 5.75 Å². The predicted molar refractivity (Wildman–Crippen MR) is 58.9 cm³/mol. The molecule has 15 heavy (non-hydrogen) atoms. The monoisotopic (exact) mass is 207 g/mol. The van der Waals surface area contributed by atoms with Crippen LogP contribution in [0, 0.1) is 5.92 Å². The molecule has 0 radical (unpaired) electrons. The number of methoxy groups -OCH3 is 1. The van der Waals surface area contributed by atoms with Crippen LogP contribution >= 0.6 is 0 Å². The SMILES string of the molecule is COc1cccc(C2(CN)CC2CO)c1. The number of hydrogen-bond donors (Lipinski definition) is 2. The maximum Gasteiger partial charge on any atom is 0.119 e. The topological polar surface area (TPSA) is 55.5 Å². The van der Waals surface area contributed by atoms with E-state index < -0.39 is 0 Å². The maximum absolute atomic E-state index is 9.17. The molecule has 2 unspecified atom stereocenters. The van der Waals surface area contributed by atoms with Crippen molar-refractivity contribution in [1.29, 1.82) is 0 Å². The molecule has 0 amide bonds. The van der Waals surface area contributed by atoms with Crippen molar-refractivity contribution in [3.63, 3.8) is 0 Å². The Kier molecular flexibility index (Phi) is 2.67. The number of hydrogen-bond acceptors (Lipinski definition) is 3. The third-order valence-electron chi connectivity index (χ3n) is 3.46. The largest absolute Gasteiger partial charge is 0.497 e. The number of ether oxygens (including phenoxy) is 1. The van der Waals surface area contributed by atoms with Gasteiger partial charge in [0.05, 0.1) is 7.11 Å². The summed E-state index contributed by atoms with van der Waals surface area (Å²) in [4.78, 5) is 0. The summed E-state index contributed by atoms with van der Waals surface area (Å²) in [6.07, 6.45) is 0.979. The van der Waals surface area contributed by atoms with E-state index in [4.69, 9.17) is 10.5 Å². The average Bonchev–Trinajstić information content (AvgIpc) is 3.04. The number of aliphatic hydroxyl groups excluding tert-OH is 1. The number of rotatable bonds is 4. The van der Waals surface area contributed by atoms with E-state index in [2.05, 4.69) is 6.07 Å². The van der Waals surface area contributed by atoms with Crippen LogP contribution in [0.1, 0.15) is 12.0 Å². The van der Waals surface area contributed by atoms with Gasteiger partial charge in [0.2, 0.25) is 0 Å². The van der Waals surface area contributed by atoms with Crippen LogP contribution < -0.4 is 10.5 Å². The van der Waals surface area contributed by atoms with Gasteiger partial charge >= 0.3 is 0 Å². The van der Waals surface area contributed by atoms with Gasteiger partial charge in [0, 0.05) is 18.6 Å². The summed E-state index contributed by atoms with van der Waals surface area (Å²) in [5.41, 5.74) is 6.98. The first-order valence-corrected chi connectivity index (χ1v) is 5.22. The third-order valence-corrected chi connectivity index (χ3v) is 3.46. The summed E-state index contributed by atoms with van der Waals surface area (Å²) in [7, 11) is 1.66. The molecule has 0 bridgehead atoms. The third kappa shape index (κ3) is 1.62. The van der Waals surface area contributed by atoms with Gasteiger partial charge < -0.3 is 15.6 Å². The lowest BCUT2D eigenvalue weighted by molar-refractivity contribution is 0.264. The molecule has 1 aliphatic rings. The molecule has 2 rings (SSSR count). The van der Waals surface area contributed by atoms with Crippen LogP contribution in [-0.4, -0.2) is 25.4 Å². The molecule has 3 N–H and O–H groups in total. The van der Waals surface area contributed by atoms with Gasteiger partial charge in [-0.15, -0.1) is 0 Å². The lowest BCUT2D eigenvalue weighted by Gasteiger charge is -2.15. The van der Waals surface area contributed by atoms with Crippen molar-refractivity contribution in [3.05, 3.63) is 29.8 Å². The second-order valence-corrected chi connectivity index (χ2v) is 4.18. The molecule has 3 nitrogen and oxygen atoms in total. The highest BCUT2D eigenvalue weighted by atomic mass is 16.5. The Morgan fingerprint density at radius 3 is 2.93 bits per heavy atom. The Morgan fingerprint density at radius 2 is 2.40 bits per heavy atom. The minimum absolute atomic E-state index is 0.0106. The first kappa shape index (κ1) is 10.5. The van der Waals surface area contributed by atoms with Crippen molar-refractivity contribution in [2.24, 2.45) is 11.7 Å². The Bertz CT molecular complexity index is 353. The van der Waals surface area contributed by atoms with E-state index in [1.54, 1.807) is 7.11 Å². The molecular formula is C12H17NO2. The fourth-order valence-corrected chi connectivity index (χ4v) is 2.27. The van der Waals surface area contributed by atoms with Gasteiger partial charge in [-0.2, -0.15) is 0 Å². The van der Waals surface area contributed by atoms with Gasteiger partial charge in [0.25, 0.3) is 0 Å². The average molecular weight is 207 g/mol. The molecular weight excluding hydrogens is 190 g/mol. The summed E-state index contributed by atoms with van der Waals surface area (Å²) in [6.45, 7) is 0.805. The van der Waals surface area contributed by atoms with E-state index in [-0.39, 0.29) is 12.0 Å². The Hall–Kier alpha value is -1.06. The zero-order chi connectivity index (χ0) is 10.9. The molecule has 1 fully saturated rings. The normalized spacial score (nSPS) is 28.9. The second kappa shape index (κ2) is 3.83. The Balaban J connectivity index is 2.28. The predicted octanol–water partition coefficient (Wildman–Crippen LogP) is 0.904. The van der Waals surface area contributed by atoms with Crippen LogP contribution in [-0.2, 0) is 5.41 Å². The van der Waals surface area contributed by atoms with Gasteiger partial charge in [-0.25, -0.2) is 0 Å². The van der Waals surface area contributed by atoms with Gasteiger partial charge in [0.1, 0.15) is 5.75 Å². The van der Waals surface area contributed by atoms with E-state index in [0.717, 1.165) is 12.2 Å². The maximum atomic E-state index is 9.17. The van der Waals surface area contributed by atoms with Crippen molar-refractivity contribution in [2.45, 2.75) is 11.8 Å². The number of nitrogens with two attached hydrogens (primary N) is 1. The minimum Gasteiger partial charge on any atom is -0.497 e. The highest BCUT2D eigenvalue weighted by molar-refractivity contribution is 5.39. The van der Waals surface area contributed by atoms with Gasteiger partial charge in [-0.1, -0.05) is 12.1 Å². The molecule has 0 aliphatic heterocycles. The molecule has 0 aromatic heterocycles. The Labute approximate surface area is 89.9 Å². The first-order valence-electron chi connectivity index (χ1n) is 5.22. The quantitative estimate of drug-likeness (QED) is 0.771. The summed E-state index contributed by atoms with van der Waals surface area (Å²) < 4.78 is 5.19. The van der Waals surface area contributed by atoms with Crippen molar-refractivity contribution in [1.82, 2.24) is 0 Å². The van der Waals surface area contributed by atoms with Gasteiger partial charge in [-0.05, 0) is 30.0 Å². The van der Waals surface area contributed by atoms with E-state index >= 15 is 0 Å².